The Morgan fingerprint density at radius 3 is 2.50 bits per heavy atom. The first-order valence-corrected chi connectivity index (χ1v) is 9.49. The van der Waals surface area contributed by atoms with E-state index in [-0.39, 0.29) is 11.3 Å². The van der Waals surface area contributed by atoms with E-state index >= 15 is 0 Å². The maximum absolute atomic E-state index is 13.8. The van der Waals surface area contributed by atoms with Crippen molar-refractivity contribution >= 4 is 5.91 Å². The van der Waals surface area contributed by atoms with E-state index in [1.807, 2.05) is 30.3 Å². The van der Waals surface area contributed by atoms with Crippen LogP contribution in [0.25, 0.3) is 0 Å². The Morgan fingerprint density at radius 2 is 1.80 bits per heavy atom. The van der Waals surface area contributed by atoms with E-state index in [2.05, 4.69) is 5.32 Å². The van der Waals surface area contributed by atoms with Crippen LogP contribution < -0.4 is 10.1 Å². The second kappa shape index (κ2) is 9.96. The Balaban J connectivity index is 1.70. The zero-order chi connectivity index (χ0) is 21.7. The third-order valence-corrected chi connectivity index (χ3v) is 4.82. The SMILES string of the molecule is O=C(NCCc1ccccc1)c1cc(F)ccc1O[C@@H]1OC(CO)C(O)C(O)C1O. The topological polar surface area (TPSA) is 128 Å². The highest BCUT2D eigenvalue weighted by molar-refractivity contribution is 5.96. The third kappa shape index (κ3) is 5.13. The summed E-state index contributed by atoms with van der Waals surface area (Å²) in [6, 6.07) is 12.7. The minimum Gasteiger partial charge on any atom is -0.461 e. The number of carbonyl (C=O) groups excluding carboxylic acids is 1. The lowest BCUT2D eigenvalue weighted by Crippen LogP contribution is -2.60. The molecular weight excluding hydrogens is 397 g/mol. The molecule has 4 unspecified atom stereocenters. The summed E-state index contributed by atoms with van der Waals surface area (Å²) in [6.45, 7) is -0.320. The average molecular weight is 421 g/mol. The molecular formula is C21H24FNO7. The second-order valence-corrected chi connectivity index (χ2v) is 6.95. The van der Waals surface area contributed by atoms with Crippen molar-refractivity contribution in [2.45, 2.75) is 37.1 Å². The van der Waals surface area contributed by atoms with Crippen molar-refractivity contribution in [2.75, 3.05) is 13.2 Å². The van der Waals surface area contributed by atoms with Gasteiger partial charge in [-0.3, -0.25) is 4.79 Å². The molecule has 0 spiro atoms. The zero-order valence-electron chi connectivity index (χ0n) is 16.0. The summed E-state index contributed by atoms with van der Waals surface area (Å²) < 4.78 is 24.5. The quantitative estimate of drug-likeness (QED) is 0.425. The van der Waals surface area contributed by atoms with E-state index in [0.29, 0.717) is 13.0 Å². The van der Waals surface area contributed by atoms with Crippen molar-refractivity contribution in [3.63, 3.8) is 0 Å². The van der Waals surface area contributed by atoms with Crippen molar-refractivity contribution in [3.8, 4) is 5.75 Å². The van der Waals surface area contributed by atoms with Crippen LogP contribution in [0.5, 0.6) is 5.75 Å². The molecule has 5 N–H and O–H groups in total. The Labute approximate surface area is 172 Å². The van der Waals surface area contributed by atoms with E-state index in [9.17, 15) is 29.6 Å². The first-order valence-electron chi connectivity index (χ1n) is 9.49. The summed E-state index contributed by atoms with van der Waals surface area (Å²) in [5.74, 6) is -1.34. The Morgan fingerprint density at radius 1 is 1.07 bits per heavy atom. The summed E-state index contributed by atoms with van der Waals surface area (Å²) in [4.78, 5) is 12.6. The van der Waals surface area contributed by atoms with Crippen LogP contribution in [0.2, 0.25) is 0 Å². The highest BCUT2D eigenvalue weighted by Gasteiger charge is 2.45. The van der Waals surface area contributed by atoms with Crippen LogP contribution in [0.15, 0.2) is 48.5 Å². The van der Waals surface area contributed by atoms with Crippen molar-refractivity contribution in [3.05, 3.63) is 65.5 Å². The maximum atomic E-state index is 13.8. The highest BCUT2D eigenvalue weighted by atomic mass is 19.1. The fraction of sp³-hybridized carbons (Fsp3) is 0.381. The van der Waals surface area contributed by atoms with E-state index < -0.39 is 49.0 Å². The number of aliphatic hydroxyl groups excluding tert-OH is 4. The molecule has 0 bridgehead atoms. The van der Waals surface area contributed by atoms with Gasteiger partial charge in [-0.15, -0.1) is 0 Å². The van der Waals surface area contributed by atoms with Gasteiger partial charge in [0.2, 0.25) is 6.29 Å². The molecule has 162 valence electrons. The number of hydrogen-bond acceptors (Lipinski definition) is 7. The fourth-order valence-electron chi connectivity index (χ4n) is 3.13. The number of ether oxygens (including phenoxy) is 2. The molecule has 0 aliphatic carbocycles. The van der Waals surface area contributed by atoms with Gasteiger partial charge in [-0.05, 0) is 30.2 Å². The van der Waals surface area contributed by atoms with Crippen molar-refractivity contribution < 1.29 is 39.1 Å². The number of nitrogens with one attached hydrogen (secondary N) is 1. The lowest BCUT2D eigenvalue weighted by Gasteiger charge is -2.39. The molecule has 1 heterocycles. The summed E-state index contributed by atoms with van der Waals surface area (Å²) in [7, 11) is 0. The number of amides is 1. The van der Waals surface area contributed by atoms with Gasteiger partial charge >= 0.3 is 0 Å². The molecule has 1 amide bonds. The molecule has 1 aliphatic rings. The van der Waals surface area contributed by atoms with Crippen molar-refractivity contribution in [1.29, 1.82) is 0 Å². The monoisotopic (exact) mass is 421 g/mol. The fourth-order valence-corrected chi connectivity index (χ4v) is 3.13. The minimum atomic E-state index is -1.65. The lowest BCUT2D eigenvalue weighted by atomic mass is 9.99. The van der Waals surface area contributed by atoms with Gasteiger partial charge in [-0.25, -0.2) is 4.39 Å². The van der Waals surface area contributed by atoms with E-state index in [0.717, 1.165) is 17.7 Å². The molecule has 2 aromatic rings. The van der Waals surface area contributed by atoms with Gasteiger partial charge in [0, 0.05) is 6.54 Å². The molecule has 0 radical (unpaired) electrons. The lowest BCUT2D eigenvalue weighted by molar-refractivity contribution is -0.277. The smallest absolute Gasteiger partial charge is 0.255 e. The van der Waals surface area contributed by atoms with Gasteiger partial charge in [0.15, 0.2) is 0 Å². The Kier molecular flexibility index (Phi) is 7.35. The number of benzene rings is 2. The average Bonchev–Trinajstić information content (AvgIpc) is 2.75. The summed E-state index contributed by atoms with van der Waals surface area (Å²) in [5, 5.41) is 41.8. The van der Waals surface area contributed by atoms with Crippen molar-refractivity contribution in [1.82, 2.24) is 5.32 Å². The predicted octanol–water partition coefficient (Wildman–Crippen LogP) is -0.0231. The van der Waals surface area contributed by atoms with Gasteiger partial charge in [0.05, 0.1) is 12.2 Å². The number of hydrogen-bond donors (Lipinski definition) is 5. The first-order chi connectivity index (χ1) is 14.4. The predicted molar refractivity (Wildman–Crippen MR) is 103 cm³/mol. The van der Waals surface area contributed by atoms with Gasteiger partial charge in [-0.2, -0.15) is 0 Å². The molecule has 0 aromatic heterocycles. The standard InChI is InChI=1S/C21H24FNO7/c22-13-6-7-15(29-21-19(27)18(26)17(25)16(11-24)30-21)14(10-13)20(28)23-9-8-12-4-2-1-3-5-12/h1-7,10,16-19,21,24-27H,8-9,11H2,(H,23,28)/t16?,17?,18?,19?,21-/m1/s1. The van der Waals surface area contributed by atoms with E-state index in [4.69, 9.17) is 9.47 Å². The van der Waals surface area contributed by atoms with E-state index in [1.165, 1.54) is 6.07 Å². The summed E-state index contributed by atoms with van der Waals surface area (Å²) in [5.41, 5.74) is 0.898. The van der Waals surface area contributed by atoms with Gasteiger partial charge in [0.25, 0.3) is 5.91 Å². The molecule has 1 fully saturated rings. The van der Waals surface area contributed by atoms with Crippen LogP contribution in [0.3, 0.4) is 0 Å². The van der Waals surface area contributed by atoms with Gasteiger partial charge in [0.1, 0.15) is 36.0 Å². The molecule has 2 aromatic carbocycles. The molecule has 9 heteroatoms. The normalized spacial score (nSPS) is 26.2. The van der Waals surface area contributed by atoms with Crippen LogP contribution in [-0.2, 0) is 11.2 Å². The molecule has 0 saturated carbocycles. The number of halogens is 1. The van der Waals surface area contributed by atoms with Gasteiger partial charge < -0.3 is 35.2 Å². The first kappa shape index (κ1) is 22.1. The largest absolute Gasteiger partial charge is 0.461 e. The zero-order valence-corrected chi connectivity index (χ0v) is 16.0. The van der Waals surface area contributed by atoms with Crippen LogP contribution in [0.1, 0.15) is 15.9 Å². The second-order valence-electron chi connectivity index (χ2n) is 6.95. The third-order valence-electron chi connectivity index (χ3n) is 4.82. The Hall–Kier alpha value is -2.56. The molecule has 1 saturated heterocycles. The Bertz CT molecular complexity index is 849. The summed E-state index contributed by atoms with van der Waals surface area (Å²) in [6.07, 6.45) is -6.91. The maximum Gasteiger partial charge on any atom is 0.255 e. The molecule has 3 rings (SSSR count). The van der Waals surface area contributed by atoms with E-state index in [1.54, 1.807) is 0 Å². The highest BCUT2D eigenvalue weighted by Crippen LogP contribution is 2.27. The van der Waals surface area contributed by atoms with Crippen LogP contribution in [0, 0.1) is 5.82 Å². The van der Waals surface area contributed by atoms with Crippen LogP contribution in [-0.4, -0.2) is 70.2 Å². The number of carbonyl (C=O) groups is 1. The molecule has 30 heavy (non-hydrogen) atoms. The molecule has 1 aliphatic heterocycles. The van der Waals surface area contributed by atoms with Crippen molar-refractivity contribution in [2.24, 2.45) is 0 Å². The van der Waals surface area contributed by atoms with Gasteiger partial charge in [-0.1, -0.05) is 30.3 Å². The minimum absolute atomic E-state index is 0.0852. The summed E-state index contributed by atoms with van der Waals surface area (Å²) >= 11 is 0. The van der Waals surface area contributed by atoms with Crippen LogP contribution in [0.4, 0.5) is 4.39 Å². The number of aliphatic hydroxyl groups is 4. The van der Waals surface area contributed by atoms with Crippen LogP contribution >= 0.6 is 0 Å². The number of rotatable bonds is 7. The molecule has 8 nitrogen and oxygen atoms in total. The molecule has 5 atom stereocenters.